The van der Waals surface area contributed by atoms with E-state index in [2.05, 4.69) is 17.2 Å². The molecule has 1 fully saturated rings. The Balaban J connectivity index is 2.27. The summed E-state index contributed by atoms with van der Waals surface area (Å²) in [5, 5.41) is 14.2. The van der Waals surface area contributed by atoms with Gasteiger partial charge in [-0.3, -0.25) is 4.79 Å². The molecule has 1 aliphatic carbocycles. The second-order valence-corrected chi connectivity index (χ2v) is 3.64. The van der Waals surface area contributed by atoms with E-state index < -0.39 is 12.0 Å². The molecule has 1 saturated carbocycles. The van der Waals surface area contributed by atoms with Crippen LogP contribution in [0.5, 0.6) is 0 Å². The predicted molar refractivity (Wildman–Crippen MR) is 55.4 cm³/mol. The Hall–Kier alpha value is -1.36. The topological polar surface area (TPSA) is 78.4 Å². The highest BCUT2D eigenvalue weighted by molar-refractivity contribution is 5.85. The van der Waals surface area contributed by atoms with Crippen molar-refractivity contribution in [1.82, 2.24) is 10.6 Å². The number of carboxylic acid groups (broad SMARTS) is 1. The molecule has 0 bridgehead atoms. The number of carbonyl (C=O) groups is 2. The van der Waals surface area contributed by atoms with Gasteiger partial charge in [-0.25, -0.2) is 4.79 Å². The van der Waals surface area contributed by atoms with Crippen LogP contribution in [0.3, 0.4) is 0 Å². The zero-order chi connectivity index (χ0) is 11.3. The van der Waals surface area contributed by atoms with Crippen LogP contribution >= 0.6 is 0 Å². The number of nitrogens with one attached hydrogen (secondary N) is 2. The number of amides is 1. The van der Waals surface area contributed by atoms with Gasteiger partial charge in [0.1, 0.15) is 6.04 Å². The maximum absolute atomic E-state index is 11.3. The lowest BCUT2D eigenvalue weighted by Crippen LogP contribution is -2.45. The molecule has 1 unspecified atom stereocenters. The van der Waals surface area contributed by atoms with Gasteiger partial charge in [0.2, 0.25) is 5.91 Å². The molecule has 1 rings (SSSR count). The summed E-state index contributed by atoms with van der Waals surface area (Å²) >= 11 is 0. The Morgan fingerprint density at radius 3 is 2.67 bits per heavy atom. The van der Waals surface area contributed by atoms with Gasteiger partial charge in [0.15, 0.2) is 0 Å². The first kappa shape index (κ1) is 11.7. The molecule has 5 nitrogen and oxygen atoms in total. The summed E-state index contributed by atoms with van der Waals surface area (Å²) in [5.74, 6) is -1.11. The highest BCUT2D eigenvalue weighted by Crippen LogP contribution is 2.32. The summed E-state index contributed by atoms with van der Waals surface area (Å²) in [7, 11) is 0. The number of carbonyl (C=O) groups excluding carboxylic acids is 1. The van der Waals surface area contributed by atoms with Gasteiger partial charge < -0.3 is 15.7 Å². The molecular formula is C10H16N2O3. The zero-order valence-electron chi connectivity index (χ0n) is 8.53. The minimum Gasteiger partial charge on any atom is -0.480 e. The molecular weight excluding hydrogens is 196 g/mol. The third-order valence-electron chi connectivity index (χ3n) is 2.25. The molecule has 3 N–H and O–H groups in total. The van der Waals surface area contributed by atoms with Crippen LogP contribution in [0.1, 0.15) is 12.8 Å². The van der Waals surface area contributed by atoms with Crippen LogP contribution in [-0.4, -0.2) is 36.1 Å². The van der Waals surface area contributed by atoms with E-state index in [0.29, 0.717) is 6.54 Å². The third kappa shape index (κ3) is 4.12. The maximum Gasteiger partial charge on any atom is 0.326 e. The molecule has 0 radical (unpaired) electrons. The van der Waals surface area contributed by atoms with Crippen molar-refractivity contribution >= 4 is 11.9 Å². The summed E-state index contributed by atoms with van der Waals surface area (Å²) in [5.41, 5.74) is 0. The SMILES string of the molecule is C=CCNCC(=O)NC(C(=O)O)C1CC1. The van der Waals surface area contributed by atoms with Crippen molar-refractivity contribution in [3.63, 3.8) is 0 Å². The van der Waals surface area contributed by atoms with Gasteiger partial charge in [-0.15, -0.1) is 6.58 Å². The second-order valence-electron chi connectivity index (χ2n) is 3.64. The standard InChI is InChI=1S/C10H16N2O3/c1-2-5-11-6-8(13)12-9(10(14)15)7-3-4-7/h2,7,9,11H,1,3-6H2,(H,12,13)(H,14,15). The molecule has 1 aliphatic rings. The summed E-state index contributed by atoms with van der Waals surface area (Å²) in [6, 6.07) is -0.719. The van der Waals surface area contributed by atoms with Crippen LogP contribution in [0.4, 0.5) is 0 Å². The highest BCUT2D eigenvalue weighted by Gasteiger charge is 2.36. The molecule has 0 aromatic heterocycles. The van der Waals surface area contributed by atoms with Crippen LogP contribution in [0.25, 0.3) is 0 Å². The Morgan fingerprint density at radius 2 is 2.20 bits per heavy atom. The van der Waals surface area contributed by atoms with Crippen molar-refractivity contribution in [3.05, 3.63) is 12.7 Å². The average Bonchev–Trinajstić information content (AvgIpc) is 2.97. The number of rotatable bonds is 7. The first-order chi connectivity index (χ1) is 7.15. The highest BCUT2D eigenvalue weighted by atomic mass is 16.4. The Morgan fingerprint density at radius 1 is 1.53 bits per heavy atom. The first-order valence-corrected chi connectivity index (χ1v) is 4.99. The van der Waals surface area contributed by atoms with Gasteiger partial charge in [0.25, 0.3) is 0 Å². The Kier molecular flexibility index (Phi) is 4.30. The second kappa shape index (κ2) is 5.50. The molecule has 1 amide bonds. The fourth-order valence-electron chi connectivity index (χ4n) is 1.32. The summed E-state index contributed by atoms with van der Waals surface area (Å²) in [6.07, 6.45) is 3.41. The molecule has 15 heavy (non-hydrogen) atoms. The summed E-state index contributed by atoms with van der Waals surface area (Å²) in [6.45, 7) is 4.16. The Bertz CT molecular complexity index is 261. The van der Waals surface area contributed by atoms with Gasteiger partial charge in [-0.2, -0.15) is 0 Å². The molecule has 1 atom stereocenters. The quantitative estimate of drug-likeness (QED) is 0.401. The summed E-state index contributed by atoms with van der Waals surface area (Å²) in [4.78, 5) is 22.1. The van der Waals surface area contributed by atoms with E-state index in [1.165, 1.54) is 0 Å². The van der Waals surface area contributed by atoms with Crippen molar-refractivity contribution in [2.24, 2.45) is 5.92 Å². The maximum atomic E-state index is 11.3. The number of aliphatic carboxylic acids is 1. The van der Waals surface area contributed by atoms with Crippen LogP contribution in [0, 0.1) is 5.92 Å². The van der Waals surface area contributed by atoms with E-state index in [9.17, 15) is 9.59 Å². The zero-order valence-corrected chi connectivity index (χ0v) is 8.53. The lowest BCUT2D eigenvalue weighted by molar-refractivity contribution is -0.142. The van der Waals surface area contributed by atoms with E-state index >= 15 is 0 Å². The number of hydrogen-bond donors (Lipinski definition) is 3. The van der Waals surface area contributed by atoms with E-state index in [1.54, 1.807) is 6.08 Å². The van der Waals surface area contributed by atoms with Crippen LogP contribution in [-0.2, 0) is 9.59 Å². The molecule has 5 heteroatoms. The van der Waals surface area contributed by atoms with Crippen molar-refractivity contribution in [1.29, 1.82) is 0 Å². The molecule has 0 heterocycles. The van der Waals surface area contributed by atoms with Crippen molar-refractivity contribution in [2.75, 3.05) is 13.1 Å². The molecule has 0 saturated heterocycles. The average molecular weight is 212 g/mol. The van der Waals surface area contributed by atoms with E-state index in [4.69, 9.17) is 5.11 Å². The van der Waals surface area contributed by atoms with E-state index in [1.807, 2.05) is 0 Å². The molecule has 0 aromatic rings. The van der Waals surface area contributed by atoms with Gasteiger partial charge in [0, 0.05) is 6.54 Å². The summed E-state index contributed by atoms with van der Waals surface area (Å²) < 4.78 is 0. The van der Waals surface area contributed by atoms with E-state index in [-0.39, 0.29) is 18.4 Å². The predicted octanol–water partition coefficient (Wildman–Crippen LogP) is -0.259. The van der Waals surface area contributed by atoms with Crippen molar-refractivity contribution < 1.29 is 14.7 Å². The fraction of sp³-hybridized carbons (Fsp3) is 0.600. The van der Waals surface area contributed by atoms with Crippen molar-refractivity contribution in [3.8, 4) is 0 Å². The van der Waals surface area contributed by atoms with Gasteiger partial charge in [-0.05, 0) is 18.8 Å². The normalized spacial score (nSPS) is 16.8. The van der Waals surface area contributed by atoms with Gasteiger partial charge in [-0.1, -0.05) is 6.08 Å². The van der Waals surface area contributed by atoms with E-state index in [0.717, 1.165) is 12.8 Å². The lowest BCUT2D eigenvalue weighted by atomic mass is 10.2. The van der Waals surface area contributed by atoms with Gasteiger partial charge >= 0.3 is 5.97 Å². The van der Waals surface area contributed by atoms with Crippen LogP contribution in [0.15, 0.2) is 12.7 Å². The molecule has 0 aliphatic heterocycles. The Labute approximate surface area is 88.5 Å². The minimum absolute atomic E-state index is 0.117. The first-order valence-electron chi connectivity index (χ1n) is 4.99. The minimum atomic E-state index is -0.949. The van der Waals surface area contributed by atoms with Crippen LogP contribution in [0.2, 0.25) is 0 Å². The fourth-order valence-corrected chi connectivity index (χ4v) is 1.32. The largest absolute Gasteiger partial charge is 0.480 e. The molecule has 0 spiro atoms. The number of hydrogen-bond acceptors (Lipinski definition) is 3. The van der Waals surface area contributed by atoms with Crippen LogP contribution < -0.4 is 10.6 Å². The smallest absolute Gasteiger partial charge is 0.326 e. The molecule has 84 valence electrons. The number of carboxylic acids is 1. The van der Waals surface area contributed by atoms with Gasteiger partial charge in [0.05, 0.1) is 6.54 Å². The monoisotopic (exact) mass is 212 g/mol. The molecule has 0 aromatic carbocycles. The third-order valence-corrected chi connectivity index (χ3v) is 2.25. The van der Waals surface area contributed by atoms with Crippen molar-refractivity contribution in [2.45, 2.75) is 18.9 Å². The lowest BCUT2D eigenvalue weighted by Gasteiger charge is -2.13.